The number of rotatable bonds is 3. The highest BCUT2D eigenvalue weighted by Crippen LogP contribution is 1.65. The van der Waals surface area contributed by atoms with Gasteiger partial charge in [-0.25, -0.2) is 4.79 Å². The fourth-order valence-corrected chi connectivity index (χ4v) is 0.225. The number of methoxy groups -OCH3 is 1. The van der Waals surface area contributed by atoms with Crippen molar-refractivity contribution in [3.05, 3.63) is 0 Å². The van der Waals surface area contributed by atoms with E-state index < -0.39 is 6.09 Å². The van der Waals surface area contributed by atoms with E-state index in [1.54, 1.807) is 0 Å². The van der Waals surface area contributed by atoms with Gasteiger partial charge in [0, 0.05) is 0 Å². The van der Waals surface area contributed by atoms with Gasteiger partial charge in [-0.05, 0) is 0 Å². The summed E-state index contributed by atoms with van der Waals surface area (Å²) in [6.07, 6.45) is 0.791. The zero-order valence-electron chi connectivity index (χ0n) is 4.93. The maximum absolute atomic E-state index is 10.2. The largest absolute Gasteiger partial charge is 0.453 e. The van der Waals surface area contributed by atoms with Crippen LogP contribution in [0.25, 0.3) is 0 Å². The van der Waals surface area contributed by atoms with Crippen LogP contribution in [0.3, 0.4) is 0 Å². The van der Waals surface area contributed by atoms with Crippen LogP contribution in [0.1, 0.15) is 0 Å². The molecule has 5 nitrogen and oxygen atoms in total. The Labute approximate surface area is 52.4 Å². The molecule has 9 heavy (non-hydrogen) atoms. The van der Waals surface area contributed by atoms with Crippen molar-refractivity contribution in [2.45, 2.75) is 0 Å². The molecule has 0 aliphatic heterocycles. The smallest absolute Gasteiger partial charge is 0.408 e. The molecule has 0 heterocycles. The number of amides is 2. The summed E-state index contributed by atoms with van der Waals surface area (Å²) in [6, 6.07) is 0. The lowest BCUT2D eigenvalue weighted by atomic mass is 10.9. The molecule has 1 radical (unpaired) electrons. The van der Waals surface area contributed by atoms with Gasteiger partial charge in [0.2, 0.25) is 0 Å². The van der Waals surface area contributed by atoms with Crippen LogP contribution in [0.2, 0.25) is 0 Å². The lowest BCUT2D eigenvalue weighted by molar-refractivity contribution is 0.171. The van der Waals surface area contributed by atoms with E-state index in [9.17, 15) is 9.59 Å². The van der Waals surface area contributed by atoms with E-state index in [4.69, 9.17) is 0 Å². The Morgan fingerprint density at radius 3 is 2.89 bits per heavy atom. The first-order chi connectivity index (χ1) is 4.31. The van der Waals surface area contributed by atoms with Crippen molar-refractivity contribution >= 4 is 12.5 Å². The van der Waals surface area contributed by atoms with Crippen LogP contribution in [-0.4, -0.2) is 26.3 Å². The van der Waals surface area contributed by atoms with E-state index in [-0.39, 0.29) is 6.67 Å². The SMILES string of the molecule is COC(=O)NCN[C]=O. The molecule has 0 aliphatic rings. The third-order valence-electron chi connectivity index (χ3n) is 0.579. The van der Waals surface area contributed by atoms with Gasteiger partial charge >= 0.3 is 12.5 Å². The van der Waals surface area contributed by atoms with E-state index in [0.29, 0.717) is 0 Å². The topological polar surface area (TPSA) is 67.4 Å². The number of carbonyl (C=O) groups is 1. The predicted molar refractivity (Wildman–Crippen MR) is 29.2 cm³/mol. The van der Waals surface area contributed by atoms with Gasteiger partial charge in [0.15, 0.2) is 0 Å². The summed E-state index contributed by atoms with van der Waals surface area (Å²) >= 11 is 0. The highest BCUT2D eigenvalue weighted by Gasteiger charge is 1.92. The monoisotopic (exact) mass is 131 g/mol. The van der Waals surface area contributed by atoms with E-state index in [1.807, 2.05) is 0 Å². The van der Waals surface area contributed by atoms with Crippen molar-refractivity contribution in [1.82, 2.24) is 10.6 Å². The van der Waals surface area contributed by atoms with Gasteiger partial charge in [-0.15, -0.1) is 0 Å². The Bertz CT molecular complexity index is 104. The minimum atomic E-state index is -0.585. The van der Waals surface area contributed by atoms with E-state index >= 15 is 0 Å². The predicted octanol–water partition coefficient (Wildman–Crippen LogP) is -1.04. The fourth-order valence-electron chi connectivity index (χ4n) is 0.225. The van der Waals surface area contributed by atoms with Crippen LogP contribution in [0.4, 0.5) is 4.79 Å². The summed E-state index contributed by atoms with van der Waals surface area (Å²) in [5.41, 5.74) is 0. The number of alkyl carbamates (subject to hydrolysis) is 1. The molecule has 0 atom stereocenters. The van der Waals surface area contributed by atoms with Gasteiger partial charge in [0.1, 0.15) is 0 Å². The Hall–Kier alpha value is -1.26. The Balaban J connectivity index is 3.06. The summed E-state index contributed by atoms with van der Waals surface area (Å²) in [5, 5.41) is 4.29. The summed E-state index contributed by atoms with van der Waals surface area (Å²) < 4.78 is 4.18. The van der Waals surface area contributed by atoms with Crippen molar-refractivity contribution < 1.29 is 14.3 Å². The Kier molecular flexibility index (Phi) is 4.20. The minimum absolute atomic E-state index is 0.0379. The first kappa shape index (κ1) is 7.74. The molecule has 0 fully saturated rings. The average molecular weight is 131 g/mol. The van der Waals surface area contributed by atoms with Crippen molar-refractivity contribution in [3.63, 3.8) is 0 Å². The van der Waals surface area contributed by atoms with Gasteiger partial charge in [-0.3, -0.25) is 4.79 Å². The van der Waals surface area contributed by atoms with Gasteiger partial charge < -0.3 is 15.4 Å². The molecule has 0 unspecified atom stereocenters. The lowest BCUT2D eigenvalue weighted by Gasteiger charge is -1.99. The minimum Gasteiger partial charge on any atom is -0.453 e. The zero-order valence-corrected chi connectivity index (χ0v) is 4.93. The van der Waals surface area contributed by atoms with Crippen molar-refractivity contribution in [1.29, 1.82) is 0 Å². The van der Waals surface area contributed by atoms with Crippen LogP contribution < -0.4 is 10.6 Å². The molecule has 0 rings (SSSR count). The number of hydrogen-bond acceptors (Lipinski definition) is 3. The third kappa shape index (κ3) is 4.60. The summed E-state index contributed by atoms with van der Waals surface area (Å²) in [7, 11) is 1.24. The van der Waals surface area contributed by atoms with E-state index in [2.05, 4.69) is 15.4 Å². The van der Waals surface area contributed by atoms with Crippen LogP contribution in [0.15, 0.2) is 0 Å². The fraction of sp³-hybridized carbons (Fsp3) is 0.500. The van der Waals surface area contributed by atoms with Crippen LogP contribution in [-0.2, 0) is 9.53 Å². The first-order valence-electron chi connectivity index (χ1n) is 2.23. The standard InChI is InChI=1S/C4H7N2O3/c1-9-4(8)6-2-5-3-7/h2H2,1H3,(H,5,7)(H,6,8). The summed E-state index contributed by atoms with van der Waals surface area (Å²) in [5.74, 6) is 0. The summed E-state index contributed by atoms with van der Waals surface area (Å²) in [6.45, 7) is 0.0379. The maximum atomic E-state index is 10.2. The molecule has 2 N–H and O–H groups in total. The molecule has 51 valence electrons. The van der Waals surface area contributed by atoms with Crippen molar-refractivity contribution in [2.24, 2.45) is 0 Å². The molecular formula is C4H7N2O3. The van der Waals surface area contributed by atoms with Crippen molar-refractivity contribution in [2.75, 3.05) is 13.8 Å². The van der Waals surface area contributed by atoms with Gasteiger partial charge in [-0.1, -0.05) is 0 Å². The van der Waals surface area contributed by atoms with Crippen LogP contribution in [0, 0.1) is 0 Å². The highest BCUT2D eigenvalue weighted by molar-refractivity contribution is 5.67. The maximum Gasteiger partial charge on any atom is 0.408 e. The third-order valence-corrected chi connectivity index (χ3v) is 0.579. The normalized spacial score (nSPS) is 7.67. The second kappa shape index (κ2) is 4.89. The average Bonchev–Trinajstić information content (AvgIpc) is 1.89. The van der Waals surface area contributed by atoms with E-state index in [0.717, 1.165) is 0 Å². The van der Waals surface area contributed by atoms with Gasteiger partial charge in [0.05, 0.1) is 13.8 Å². The molecule has 0 saturated carbocycles. The summed E-state index contributed by atoms with van der Waals surface area (Å²) in [4.78, 5) is 19.6. The molecule has 0 bridgehead atoms. The molecule has 2 amide bonds. The zero-order chi connectivity index (χ0) is 7.11. The molecule has 0 aromatic rings. The van der Waals surface area contributed by atoms with Gasteiger partial charge in [0.25, 0.3) is 0 Å². The molecule has 0 saturated heterocycles. The quantitative estimate of drug-likeness (QED) is 0.292. The molecular weight excluding hydrogens is 124 g/mol. The molecule has 0 aromatic carbocycles. The molecule has 5 heteroatoms. The lowest BCUT2D eigenvalue weighted by Crippen LogP contribution is -2.32. The second-order valence-electron chi connectivity index (χ2n) is 1.12. The molecule has 0 aromatic heterocycles. The van der Waals surface area contributed by atoms with E-state index in [1.165, 1.54) is 13.5 Å². The van der Waals surface area contributed by atoms with Gasteiger partial charge in [-0.2, -0.15) is 0 Å². The Morgan fingerprint density at radius 1 is 1.78 bits per heavy atom. The van der Waals surface area contributed by atoms with Crippen molar-refractivity contribution in [3.8, 4) is 0 Å². The number of nitrogens with one attached hydrogen (secondary N) is 2. The Morgan fingerprint density at radius 2 is 2.44 bits per heavy atom. The van der Waals surface area contributed by atoms with Crippen LogP contribution in [0.5, 0.6) is 0 Å². The molecule has 0 spiro atoms. The van der Waals surface area contributed by atoms with Crippen LogP contribution >= 0.6 is 0 Å². The first-order valence-corrected chi connectivity index (χ1v) is 2.23. The second-order valence-corrected chi connectivity index (χ2v) is 1.12. The number of carbonyl (C=O) groups excluding carboxylic acids is 2. The number of ether oxygens (including phenoxy) is 1. The highest BCUT2D eigenvalue weighted by atomic mass is 16.5. The number of hydrogen-bond donors (Lipinski definition) is 2. The molecule has 0 aliphatic carbocycles.